The zero-order chi connectivity index (χ0) is 17.6. The lowest BCUT2D eigenvalue weighted by molar-refractivity contribution is 0.312. The summed E-state index contributed by atoms with van der Waals surface area (Å²) < 4.78 is 0. The highest BCUT2D eigenvalue weighted by Crippen LogP contribution is 2.27. The van der Waals surface area contributed by atoms with E-state index in [1.165, 1.54) is 16.6 Å². The van der Waals surface area contributed by atoms with Crippen LogP contribution in [0.5, 0.6) is 0 Å². The summed E-state index contributed by atoms with van der Waals surface area (Å²) in [5.74, 6) is 1.02. The Hall–Kier alpha value is -2.39. The summed E-state index contributed by atoms with van der Waals surface area (Å²) in [6, 6.07) is 21.1. The fraction of sp³-hybridized carbons (Fsp3) is 0.318. The summed E-state index contributed by atoms with van der Waals surface area (Å²) in [5.41, 5.74) is 3.52. The average Bonchev–Trinajstić information content (AvgIpc) is 2.66. The molecule has 3 rings (SSSR count). The van der Waals surface area contributed by atoms with Gasteiger partial charge in [-0.2, -0.15) is 0 Å². The van der Waals surface area contributed by atoms with E-state index in [0.717, 1.165) is 37.5 Å². The number of para-hydroxylation sites is 2. The van der Waals surface area contributed by atoms with Crippen LogP contribution in [0.4, 0.5) is 11.5 Å². The molecule has 0 unspecified atom stereocenters. The van der Waals surface area contributed by atoms with Crippen LogP contribution in [-0.4, -0.2) is 36.1 Å². The smallest absolute Gasteiger partial charge is 0.133 e. The van der Waals surface area contributed by atoms with E-state index in [1.54, 1.807) is 0 Å². The van der Waals surface area contributed by atoms with Gasteiger partial charge in [-0.3, -0.25) is 0 Å². The van der Waals surface area contributed by atoms with E-state index >= 15 is 0 Å². The Labute approximate surface area is 150 Å². The maximum Gasteiger partial charge on any atom is 0.133 e. The summed E-state index contributed by atoms with van der Waals surface area (Å²) in [6.07, 6.45) is 0. The van der Waals surface area contributed by atoms with E-state index in [1.807, 2.05) is 0 Å². The molecule has 0 aliphatic rings. The molecular formula is C22H27N3. The third kappa shape index (κ3) is 3.99. The molecule has 0 saturated heterocycles. The average molecular weight is 333 g/mol. The Morgan fingerprint density at radius 2 is 1.52 bits per heavy atom. The topological polar surface area (TPSA) is 19.4 Å². The number of hydrogen-bond acceptors (Lipinski definition) is 3. The van der Waals surface area contributed by atoms with Crippen LogP contribution in [0.1, 0.15) is 19.4 Å². The van der Waals surface area contributed by atoms with Crippen molar-refractivity contribution in [2.75, 3.05) is 31.1 Å². The third-order valence-electron chi connectivity index (χ3n) is 4.79. The molecule has 1 heterocycles. The summed E-state index contributed by atoms with van der Waals surface area (Å²) in [6.45, 7) is 10.7. The molecule has 3 nitrogen and oxygen atoms in total. The van der Waals surface area contributed by atoms with Gasteiger partial charge in [-0.05, 0) is 49.8 Å². The van der Waals surface area contributed by atoms with Gasteiger partial charge >= 0.3 is 0 Å². The fourth-order valence-corrected chi connectivity index (χ4v) is 3.24. The van der Waals surface area contributed by atoms with Gasteiger partial charge in [0.15, 0.2) is 0 Å². The maximum atomic E-state index is 4.95. The van der Waals surface area contributed by atoms with Crippen LogP contribution in [0.2, 0.25) is 0 Å². The Morgan fingerprint density at radius 3 is 2.24 bits per heavy atom. The fourth-order valence-electron chi connectivity index (χ4n) is 3.24. The van der Waals surface area contributed by atoms with E-state index in [2.05, 4.69) is 91.2 Å². The number of rotatable bonds is 7. The number of hydrogen-bond donors (Lipinski definition) is 0. The minimum Gasteiger partial charge on any atom is -0.325 e. The van der Waals surface area contributed by atoms with Crippen LogP contribution in [0, 0.1) is 6.92 Å². The summed E-state index contributed by atoms with van der Waals surface area (Å²) in [4.78, 5) is 9.73. The predicted molar refractivity (Wildman–Crippen MR) is 108 cm³/mol. The second-order valence-corrected chi connectivity index (χ2v) is 6.33. The molecule has 0 amide bonds. The number of benzene rings is 2. The van der Waals surface area contributed by atoms with Crippen LogP contribution in [0.25, 0.3) is 10.9 Å². The lowest BCUT2D eigenvalue weighted by Gasteiger charge is -2.28. The van der Waals surface area contributed by atoms with Crippen molar-refractivity contribution in [3.63, 3.8) is 0 Å². The normalized spacial score (nSPS) is 11.2. The van der Waals surface area contributed by atoms with Crippen LogP contribution in [-0.2, 0) is 0 Å². The van der Waals surface area contributed by atoms with Crippen molar-refractivity contribution in [3.8, 4) is 0 Å². The van der Waals surface area contributed by atoms with Crippen molar-refractivity contribution in [2.24, 2.45) is 0 Å². The number of pyridine rings is 1. The lowest BCUT2D eigenvalue weighted by Crippen LogP contribution is -2.33. The molecule has 3 heteroatoms. The Bertz CT molecular complexity index is 810. The predicted octanol–water partition coefficient (Wildman–Crippen LogP) is 5.02. The molecule has 3 aromatic rings. The highest BCUT2D eigenvalue weighted by atomic mass is 15.2. The van der Waals surface area contributed by atoms with E-state index in [9.17, 15) is 0 Å². The van der Waals surface area contributed by atoms with Gasteiger partial charge in [0.2, 0.25) is 0 Å². The molecule has 2 aromatic carbocycles. The Morgan fingerprint density at radius 1 is 0.840 bits per heavy atom. The van der Waals surface area contributed by atoms with Crippen molar-refractivity contribution < 1.29 is 0 Å². The van der Waals surface area contributed by atoms with Crippen molar-refractivity contribution in [1.29, 1.82) is 0 Å². The molecule has 25 heavy (non-hydrogen) atoms. The van der Waals surface area contributed by atoms with Crippen molar-refractivity contribution in [2.45, 2.75) is 20.8 Å². The summed E-state index contributed by atoms with van der Waals surface area (Å²) in [5, 5.41) is 1.23. The van der Waals surface area contributed by atoms with Gasteiger partial charge in [0.1, 0.15) is 5.82 Å². The lowest BCUT2D eigenvalue weighted by atomic mass is 10.1. The molecule has 0 fully saturated rings. The number of aromatic nitrogens is 1. The minimum absolute atomic E-state index is 0.927. The molecule has 0 aliphatic carbocycles. The quantitative estimate of drug-likeness (QED) is 0.605. The van der Waals surface area contributed by atoms with Crippen LogP contribution in [0.3, 0.4) is 0 Å². The molecule has 0 N–H and O–H groups in total. The van der Waals surface area contributed by atoms with Crippen LogP contribution >= 0.6 is 0 Å². The largest absolute Gasteiger partial charge is 0.325 e. The number of likely N-dealkylation sites (N-methyl/N-ethyl adjacent to an activating group) is 1. The van der Waals surface area contributed by atoms with E-state index in [0.29, 0.717) is 0 Å². The first-order valence-electron chi connectivity index (χ1n) is 9.14. The molecule has 0 radical (unpaired) electrons. The Kier molecular flexibility index (Phi) is 5.67. The van der Waals surface area contributed by atoms with Crippen molar-refractivity contribution >= 4 is 22.4 Å². The molecule has 0 spiro atoms. The van der Waals surface area contributed by atoms with Gasteiger partial charge in [-0.15, -0.1) is 0 Å². The summed E-state index contributed by atoms with van der Waals surface area (Å²) in [7, 11) is 0. The van der Waals surface area contributed by atoms with Gasteiger partial charge in [-0.25, -0.2) is 4.98 Å². The highest BCUT2D eigenvalue weighted by molar-refractivity contribution is 5.84. The minimum atomic E-state index is 0.927. The summed E-state index contributed by atoms with van der Waals surface area (Å²) >= 11 is 0. The molecule has 130 valence electrons. The van der Waals surface area contributed by atoms with Gasteiger partial charge in [-0.1, -0.05) is 50.2 Å². The van der Waals surface area contributed by atoms with E-state index in [4.69, 9.17) is 4.98 Å². The highest BCUT2D eigenvalue weighted by Gasteiger charge is 2.13. The zero-order valence-corrected chi connectivity index (χ0v) is 15.4. The first-order valence-corrected chi connectivity index (χ1v) is 9.14. The molecule has 0 aliphatic heterocycles. The van der Waals surface area contributed by atoms with Gasteiger partial charge in [0.05, 0.1) is 5.52 Å². The third-order valence-corrected chi connectivity index (χ3v) is 4.79. The zero-order valence-electron chi connectivity index (χ0n) is 15.4. The Balaban J connectivity index is 1.99. The standard InChI is InChI=1S/C22H27N3/c1-4-24(5-2)15-16-25(19-11-7-6-8-12-19)22-17-18(3)20-13-9-10-14-21(20)23-22/h6-14,17H,4-5,15-16H2,1-3H3. The molecular weight excluding hydrogens is 306 g/mol. The molecule has 0 bridgehead atoms. The number of nitrogens with zero attached hydrogens (tertiary/aromatic N) is 3. The van der Waals surface area contributed by atoms with Crippen molar-refractivity contribution in [3.05, 3.63) is 66.2 Å². The first-order chi connectivity index (χ1) is 12.2. The van der Waals surface area contributed by atoms with Crippen LogP contribution < -0.4 is 4.90 Å². The van der Waals surface area contributed by atoms with E-state index < -0.39 is 0 Å². The van der Waals surface area contributed by atoms with Gasteiger partial charge in [0.25, 0.3) is 0 Å². The van der Waals surface area contributed by atoms with Crippen molar-refractivity contribution in [1.82, 2.24) is 9.88 Å². The van der Waals surface area contributed by atoms with Crippen LogP contribution in [0.15, 0.2) is 60.7 Å². The molecule has 0 atom stereocenters. The second-order valence-electron chi connectivity index (χ2n) is 6.33. The number of fused-ring (bicyclic) bond motifs is 1. The molecule has 0 saturated carbocycles. The SMILES string of the molecule is CCN(CC)CCN(c1ccccc1)c1cc(C)c2ccccc2n1. The molecule has 1 aromatic heterocycles. The monoisotopic (exact) mass is 333 g/mol. The van der Waals surface area contributed by atoms with Gasteiger partial charge in [0, 0.05) is 24.2 Å². The number of aryl methyl sites for hydroxylation is 1. The first kappa shape index (κ1) is 17.4. The maximum absolute atomic E-state index is 4.95. The number of anilines is 2. The van der Waals surface area contributed by atoms with E-state index in [-0.39, 0.29) is 0 Å². The van der Waals surface area contributed by atoms with Gasteiger partial charge < -0.3 is 9.80 Å². The second kappa shape index (κ2) is 8.13.